The molecular weight excluding hydrogens is 304 g/mol. The molecule has 3 nitrogen and oxygen atoms in total. The van der Waals surface area contributed by atoms with Crippen molar-refractivity contribution in [2.45, 2.75) is 26.3 Å². The molecule has 19 heavy (non-hydrogen) atoms. The molecule has 104 valence electrons. The average molecular weight is 325 g/mol. The highest BCUT2D eigenvalue weighted by molar-refractivity contribution is 9.10. The van der Waals surface area contributed by atoms with Gasteiger partial charge in [-0.3, -0.25) is 4.79 Å². The smallest absolute Gasteiger partial charge is 0.254 e. The number of nitrogens with zero attached hydrogens (tertiary/aromatic N) is 2. The molecule has 0 bridgehead atoms. The lowest BCUT2D eigenvalue weighted by Gasteiger charge is -2.28. The number of rotatable bonds is 1. The first-order valence-electron chi connectivity index (χ1n) is 6.74. The molecule has 0 saturated carbocycles. The fraction of sp³-hybridized carbons (Fsp3) is 0.533. The van der Waals surface area contributed by atoms with Gasteiger partial charge in [0.1, 0.15) is 0 Å². The van der Waals surface area contributed by atoms with E-state index in [9.17, 15) is 4.79 Å². The zero-order chi connectivity index (χ0) is 14.0. The van der Waals surface area contributed by atoms with Crippen molar-refractivity contribution in [2.75, 3.05) is 26.7 Å². The summed E-state index contributed by atoms with van der Waals surface area (Å²) >= 11 is 3.48. The van der Waals surface area contributed by atoms with Crippen LogP contribution in [0.15, 0.2) is 22.7 Å². The van der Waals surface area contributed by atoms with E-state index < -0.39 is 0 Å². The number of carbonyl (C=O) groups is 1. The number of amides is 1. The van der Waals surface area contributed by atoms with Crippen molar-refractivity contribution in [1.29, 1.82) is 0 Å². The number of carbonyl (C=O) groups excluding carboxylic acids is 1. The molecule has 1 unspecified atom stereocenters. The van der Waals surface area contributed by atoms with Crippen LogP contribution in [0.1, 0.15) is 29.3 Å². The highest BCUT2D eigenvalue weighted by atomic mass is 79.9. The van der Waals surface area contributed by atoms with Gasteiger partial charge in [-0.15, -0.1) is 0 Å². The summed E-state index contributed by atoms with van der Waals surface area (Å²) in [5, 5.41) is 0. The third kappa shape index (κ3) is 3.37. The van der Waals surface area contributed by atoms with Crippen molar-refractivity contribution in [3.8, 4) is 0 Å². The van der Waals surface area contributed by atoms with E-state index in [0.717, 1.165) is 41.7 Å². The summed E-state index contributed by atoms with van der Waals surface area (Å²) in [5.41, 5.74) is 1.89. The predicted molar refractivity (Wildman–Crippen MR) is 81.5 cm³/mol. The van der Waals surface area contributed by atoms with Gasteiger partial charge in [-0.1, -0.05) is 15.9 Å². The Morgan fingerprint density at radius 2 is 2.11 bits per heavy atom. The van der Waals surface area contributed by atoms with Crippen molar-refractivity contribution in [3.05, 3.63) is 33.8 Å². The van der Waals surface area contributed by atoms with Gasteiger partial charge < -0.3 is 9.80 Å². The van der Waals surface area contributed by atoms with Crippen molar-refractivity contribution >= 4 is 21.8 Å². The lowest BCUT2D eigenvalue weighted by molar-refractivity contribution is 0.0696. The summed E-state index contributed by atoms with van der Waals surface area (Å²) in [7, 11) is 2.12. The maximum absolute atomic E-state index is 12.6. The Balaban J connectivity index is 2.20. The first-order chi connectivity index (χ1) is 8.99. The van der Waals surface area contributed by atoms with Crippen LogP contribution in [0.4, 0.5) is 0 Å². The zero-order valence-corrected chi connectivity index (χ0v) is 13.4. The first kappa shape index (κ1) is 14.5. The zero-order valence-electron chi connectivity index (χ0n) is 11.8. The van der Waals surface area contributed by atoms with E-state index in [1.165, 1.54) is 0 Å². The van der Waals surface area contributed by atoms with Gasteiger partial charge in [0.15, 0.2) is 0 Å². The molecule has 1 atom stereocenters. The topological polar surface area (TPSA) is 23.6 Å². The van der Waals surface area contributed by atoms with E-state index in [1.807, 2.05) is 30.0 Å². The van der Waals surface area contributed by atoms with Gasteiger partial charge in [0.2, 0.25) is 0 Å². The van der Waals surface area contributed by atoms with Crippen LogP contribution in [0.2, 0.25) is 0 Å². The van der Waals surface area contributed by atoms with Crippen molar-refractivity contribution in [3.63, 3.8) is 0 Å². The number of hydrogen-bond donors (Lipinski definition) is 0. The van der Waals surface area contributed by atoms with Crippen molar-refractivity contribution in [1.82, 2.24) is 9.80 Å². The summed E-state index contributed by atoms with van der Waals surface area (Å²) < 4.78 is 1.05. The van der Waals surface area contributed by atoms with Crippen LogP contribution in [-0.2, 0) is 0 Å². The molecule has 1 aromatic carbocycles. The van der Waals surface area contributed by atoms with Crippen LogP contribution in [0.25, 0.3) is 0 Å². The molecule has 0 aromatic heterocycles. The van der Waals surface area contributed by atoms with Gasteiger partial charge in [0.05, 0.1) is 0 Å². The summed E-state index contributed by atoms with van der Waals surface area (Å²) in [6, 6.07) is 6.09. The summed E-state index contributed by atoms with van der Waals surface area (Å²) in [4.78, 5) is 16.9. The summed E-state index contributed by atoms with van der Waals surface area (Å²) in [6.07, 6.45) is 1.04. The Morgan fingerprint density at radius 3 is 2.79 bits per heavy atom. The van der Waals surface area contributed by atoms with Crippen molar-refractivity contribution in [2.24, 2.45) is 0 Å². The second kappa shape index (κ2) is 6.06. The second-order valence-electron chi connectivity index (χ2n) is 5.43. The average Bonchev–Trinajstić information content (AvgIpc) is 2.52. The van der Waals surface area contributed by atoms with E-state index in [1.54, 1.807) is 0 Å². The van der Waals surface area contributed by atoms with Crippen LogP contribution in [0, 0.1) is 6.92 Å². The molecule has 1 aromatic rings. The number of aryl methyl sites for hydroxylation is 1. The second-order valence-corrected chi connectivity index (χ2v) is 6.28. The Hall–Kier alpha value is -0.870. The molecule has 0 N–H and O–H groups in total. The summed E-state index contributed by atoms with van der Waals surface area (Å²) in [5.74, 6) is 0.151. The molecule has 1 aliphatic heterocycles. The quantitative estimate of drug-likeness (QED) is 0.793. The molecule has 4 heteroatoms. The Labute approximate surface area is 123 Å². The minimum absolute atomic E-state index is 0.151. The van der Waals surface area contributed by atoms with E-state index >= 15 is 0 Å². The first-order valence-corrected chi connectivity index (χ1v) is 7.54. The van der Waals surface area contributed by atoms with Gasteiger partial charge in [-0.25, -0.2) is 0 Å². The fourth-order valence-corrected chi connectivity index (χ4v) is 2.86. The highest BCUT2D eigenvalue weighted by Crippen LogP contribution is 2.19. The molecule has 0 radical (unpaired) electrons. The van der Waals surface area contributed by atoms with E-state index in [0.29, 0.717) is 0 Å². The Morgan fingerprint density at radius 1 is 1.37 bits per heavy atom. The van der Waals surface area contributed by atoms with Crippen LogP contribution in [0.3, 0.4) is 0 Å². The Kier molecular flexibility index (Phi) is 4.63. The minimum Gasteiger partial charge on any atom is -0.335 e. The van der Waals surface area contributed by atoms with E-state index in [4.69, 9.17) is 0 Å². The molecule has 0 aliphatic carbocycles. The van der Waals surface area contributed by atoms with Crippen LogP contribution >= 0.6 is 15.9 Å². The van der Waals surface area contributed by atoms with E-state index in [-0.39, 0.29) is 11.9 Å². The maximum Gasteiger partial charge on any atom is 0.254 e. The molecule has 0 spiro atoms. The van der Waals surface area contributed by atoms with Crippen LogP contribution < -0.4 is 0 Å². The molecule has 1 aliphatic rings. The molecule has 1 fully saturated rings. The highest BCUT2D eigenvalue weighted by Gasteiger charge is 2.24. The standard InChI is InChI=1S/C15H21BrN2O/c1-11-9-13(5-6-14(11)16)15(19)18-8-4-7-17(3)10-12(18)2/h5-6,9,12H,4,7-8,10H2,1-3H3. The van der Waals surface area contributed by atoms with Gasteiger partial charge in [-0.2, -0.15) is 0 Å². The van der Waals surface area contributed by atoms with Crippen LogP contribution in [0.5, 0.6) is 0 Å². The predicted octanol–water partition coefficient (Wildman–Crippen LogP) is 2.92. The van der Waals surface area contributed by atoms with Gasteiger partial charge >= 0.3 is 0 Å². The minimum atomic E-state index is 0.151. The lowest BCUT2D eigenvalue weighted by atomic mass is 10.1. The molecule has 1 heterocycles. The largest absolute Gasteiger partial charge is 0.335 e. The Bertz CT molecular complexity index is 475. The van der Waals surface area contributed by atoms with Gasteiger partial charge in [0, 0.05) is 29.2 Å². The molecular formula is C15H21BrN2O. The SMILES string of the molecule is Cc1cc(C(=O)N2CCCN(C)CC2C)ccc1Br. The molecule has 1 saturated heterocycles. The van der Waals surface area contributed by atoms with Gasteiger partial charge in [-0.05, 0) is 57.6 Å². The normalized spacial score (nSPS) is 21.3. The molecule has 2 rings (SSSR count). The number of halogens is 1. The van der Waals surface area contributed by atoms with Gasteiger partial charge in [0.25, 0.3) is 5.91 Å². The van der Waals surface area contributed by atoms with E-state index in [2.05, 4.69) is 34.8 Å². The third-order valence-electron chi connectivity index (χ3n) is 3.71. The number of benzene rings is 1. The third-order valence-corrected chi connectivity index (χ3v) is 4.60. The fourth-order valence-electron chi connectivity index (χ4n) is 2.62. The number of hydrogen-bond acceptors (Lipinski definition) is 2. The lowest BCUT2D eigenvalue weighted by Crippen LogP contribution is -2.42. The van der Waals surface area contributed by atoms with Crippen LogP contribution in [-0.4, -0.2) is 48.4 Å². The molecule has 1 amide bonds. The van der Waals surface area contributed by atoms with Crippen molar-refractivity contribution < 1.29 is 4.79 Å². The number of likely N-dealkylation sites (N-methyl/N-ethyl adjacent to an activating group) is 1. The maximum atomic E-state index is 12.6. The summed E-state index contributed by atoms with van der Waals surface area (Å²) in [6.45, 7) is 7.00. The monoisotopic (exact) mass is 324 g/mol.